The molecular weight excluding hydrogens is 202 g/mol. The number of benzene rings is 1. The molecule has 0 saturated carbocycles. The number of nitrogens with zero attached hydrogens (tertiary/aromatic N) is 1. The molecule has 0 spiro atoms. The van der Waals surface area contributed by atoms with E-state index in [1.165, 1.54) is 0 Å². The fourth-order valence-corrected chi connectivity index (χ4v) is 1.69. The molecule has 0 heterocycles. The number of aliphatic hydroxyl groups excluding tert-OH is 2. The highest BCUT2D eigenvalue weighted by molar-refractivity contribution is 5.47. The van der Waals surface area contributed by atoms with Crippen molar-refractivity contribution in [3.8, 4) is 0 Å². The number of rotatable bonds is 5. The summed E-state index contributed by atoms with van der Waals surface area (Å²) in [6.45, 7) is 4.33. The van der Waals surface area contributed by atoms with Crippen molar-refractivity contribution in [1.82, 2.24) is 0 Å². The maximum absolute atomic E-state index is 9.65. The van der Waals surface area contributed by atoms with E-state index < -0.39 is 0 Å². The summed E-state index contributed by atoms with van der Waals surface area (Å²) in [5, 5.41) is 18.9. The van der Waals surface area contributed by atoms with E-state index in [2.05, 4.69) is 0 Å². The van der Waals surface area contributed by atoms with Gasteiger partial charge >= 0.3 is 0 Å². The van der Waals surface area contributed by atoms with Crippen molar-refractivity contribution < 1.29 is 10.2 Å². The molecule has 90 valence electrons. The molecule has 0 radical (unpaired) electrons. The third-order valence-electron chi connectivity index (χ3n) is 2.64. The molecule has 0 aromatic heterocycles. The van der Waals surface area contributed by atoms with Crippen LogP contribution < -0.4 is 4.90 Å². The Hall–Kier alpha value is -1.06. The summed E-state index contributed by atoms with van der Waals surface area (Å²) in [5.41, 5.74) is 1.99. The lowest BCUT2D eigenvalue weighted by Gasteiger charge is -2.21. The minimum atomic E-state index is -0.379. The Labute approximate surface area is 97.3 Å². The normalized spacial score (nSPS) is 14.6. The van der Waals surface area contributed by atoms with Gasteiger partial charge in [-0.2, -0.15) is 0 Å². The summed E-state index contributed by atoms with van der Waals surface area (Å²) in [6, 6.07) is 7.80. The molecule has 0 bridgehead atoms. The minimum absolute atomic E-state index is 0.342. The Balaban J connectivity index is 2.70. The van der Waals surface area contributed by atoms with Crippen LogP contribution in [0.3, 0.4) is 0 Å². The van der Waals surface area contributed by atoms with E-state index in [0.29, 0.717) is 6.54 Å². The van der Waals surface area contributed by atoms with Gasteiger partial charge in [-0.1, -0.05) is 19.1 Å². The fraction of sp³-hybridized carbons (Fsp3) is 0.538. The molecule has 2 N–H and O–H groups in total. The van der Waals surface area contributed by atoms with Crippen molar-refractivity contribution in [2.45, 2.75) is 32.5 Å². The van der Waals surface area contributed by atoms with Crippen LogP contribution in [0.1, 0.15) is 31.9 Å². The molecule has 1 unspecified atom stereocenters. The second-order valence-electron chi connectivity index (χ2n) is 4.25. The summed E-state index contributed by atoms with van der Waals surface area (Å²) in [6.07, 6.45) is 0.00472. The molecule has 0 aliphatic carbocycles. The van der Waals surface area contributed by atoms with Crippen LogP contribution in [-0.4, -0.2) is 29.9 Å². The predicted molar refractivity (Wildman–Crippen MR) is 66.6 cm³/mol. The molecule has 16 heavy (non-hydrogen) atoms. The van der Waals surface area contributed by atoms with Gasteiger partial charge in [0.1, 0.15) is 0 Å². The van der Waals surface area contributed by atoms with Gasteiger partial charge in [0.15, 0.2) is 0 Å². The maximum atomic E-state index is 9.65. The zero-order valence-electron chi connectivity index (χ0n) is 10.2. The van der Waals surface area contributed by atoms with Crippen molar-refractivity contribution >= 4 is 5.69 Å². The quantitative estimate of drug-likeness (QED) is 0.802. The van der Waals surface area contributed by atoms with Crippen LogP contribution in [0.5, 0.6) is 0 Å². The number of aliphatic hydroxyl groups is 2. The van der Waals surface area contributed by atoms with Gasteiger partial charge in [0.2, 0.25) is 0 Å². The van der Waals surface area contributed by atoms with Crippen LogP contribution >= 0.6 is 0 Å². The Morgan fingerprint density at radius 2 is 1.75 bits per heavy atom. The van der Waals surface area contributed by atoms with E-state index in [1.807, 2.05) is 43.1 Å². The Kier molecular flexibility index (Phi) is 4.77. The van der Waals surface area contributed by atoms with Crippen molar-refractivity contribution in [3.05, 3.63) is 29.8 Å². The summed E-state index contributed by atoms with van der Waals surface area (Å²) in [7, 11) is 1.94. The summed E-state index contributed by atoms with van der Waals surface area (Å²) < 4.78 is 0. The summed E-state index contributed by atoms with van der Waals surface area (Å²) >= 11 is 0. The maximum Gasteiger partial charge on any atom is 0.0787 e. The first-order valence-corrected chi connectivity index (χ1v) is 5.71. The first-order chi connectivity index (χ1) is 7.54. The zero-order chi connectivity index (χ0) is 12.1. The molecule has 2 atom stereocenters. The van der Waals surface area contributed by atoms with Crippen LogP contribution in [0, 0.1) is 0 Å². The van der Waals surface area contributed by atoms with Crippen LogP contribution in [0.25, 0.3) is 0 Å². The summed E-state index contributed by atoms with van der Waals surface area (Å²) in [4.78, 5) is 1.99. The van der Waals surface area contributed by atoms with Gasteiger partial charge in [-0.15, -0.1) is 0 Å². The molecule has 0 saturated heterocycles. The second kappa shape index (κ2) is 5.87. The third-order valence-corrected chi connectivity index (χ3v) is 2.64. The average Bonchev–Trinajstić information content (AvgIpc) is 2.27. The van der Waals surface area contributed by atoms with E-state index in [1.54, 1.807) is 6.92 Å². The third kappa shape index (κ3) is 3.51. The van der Waals surface area contributed by atoms with Gasteiger partial charge < -0.3 is 15.1 Å². The van der Waals surface area contributed by atoms with Crippen molar-refractivity contribution in [3.63, 3.8) is 0 Å². The average molecular weight is 223 g/mol. The SMILES string of the molecule is CC[C@H](O)c1ccc(N(C)CC(C)O)cc1. The smallest absolute Gasteiger partial charge is 0.0787 e. The molecule has 0 fully saturated rings. The molecule has 3 heteroatoms. The highest BCUT2D eigenvalue weighted by Gasteiger charge is 2.07. The van der Waals surface area contributed by atoms with Crippen molar-refractivity contribution in [1.29, 1.82) is 0 Å². The lowest BCUT2D eigenvalue weighted by Crippen LogP contribution is -2.26. The molecule has 1 aromatic rings. The molecule has 1 aromatic carbocycles. The molecule has 1 rings (SSSR count). The lowest BCUT2D eigenvalue weighted by molar-refractivity contribution is 0.173. The summed E-state index contributed by atoms with van der Waals surface area (Å²) in [5.74, 6) is 0. The van der Waals surface area contributed by atoms with Gasteiger partial charge in [-0.25, -0.2) is 0 Å². The van der Waals surface area contributed by atoms with E-state index in [4.69, 9.17) is 0 Å². The first-order valence-electron chi connectivity index (χ1n) is 5.71. The van der Waals surface area contributed by atoms with Gasteiger partial charge in [0.25, 0.3) is 0 Å². The van der Waals surface area contributed by atoms with Gasteiger partial charge in [0.05, 0.1) is 12.2 Å². The standard InChI is InChI=1S/C13H21NO2/c1-4-13(16)11-5-7-12(8-6-11)14(3)9-10(2)15/h5-8,10,13,15-16H,4,9H2,1-3H3/t10?,13-/m0/s1. The largest absolute Gasteiger partial charge is 0.392 e. The topological polar surface area (TPSA) is 43.7 Å². The highest BCUT2D eigenvalue weighted by atomic mass is 16.3. The molecule has 0 aliphatic rings. The number of anilines is 1. The second-order valence-corrected chi connectivity index (χ2v) is 4.25. The van der Waals surface area contributed by atoms with E-state index in [0.717, 1.165) is 17.7 Å². The van der Waals surface area contributed by atoms with Gasteiger partial charge in [-0.3, -0.25) is 0 Å². The lowest BCUT2D eigenvalue weighted by atomic mass is 10.1. The molecule has 0 aliphatic heterocycles. The predicted octanol–water partition coefficient (Wildman–Crippen LogP) is 1.95. The van der Waals surface area contributed by atoms with Gasteiger partial charge in [-0.05, 0) is 31.0 Å². The molecule has 3 nitrogen and oxygen atoms in total. The van der Waals surface area contributed by atoms with Crippen LogP contribution in [0.4, 0.5) is 5.69 Å². The fourth-order valence-electron chi connectivity index (χ4n) is 1.69. The zero-order valence-corrected chi connectivity index (χ0v) is 10.2. The monoisotopic (exact) mass is 223 g/mol. The molecule has 0 amide bonds. The van der Waals surface area contributed by atoms with Crippen LogP contribution in [-0.2, 0) is 0 Å². The highest BCUT2D eigenvalue weighted by Crippen LogP contribution is 2.20. The van der Waals surface area contributed by atoms with Crippen LogP contribution in [0.15, 0.2) is 24.3 Å². The number of likely N-dealkylation sites (N-methyl/N-ethyl adjacent to an activating group) is 1. The van der Waals surface area contributed by atoms with E-state index in [9.17, 15) is 10.2 Å². The van der Waals surface area contributed by atoms with Crippen LogP contribution in [0.2, 0.25) is 0 Å². The van der Waals surface area contributed by atoms with Gasteiger partial charge in [0, 0.05) is 19.3 Å². The van der Waals surface area contributed by atoms with Crippen molar-refractivity contribution in [2.75, 3.05) is 18.5 Å². The molecular formula is C13H21NO2. The Morgan fingerprint density at radius 3 is 2.19 bits per heavy atom. The minimum Gasteiger partial charge on any atom is -0.392 e. The number of hydrogen-bond acceptors (Lipinski definition) is 3. The Morgan fingerprint density at radius 1 is 1.19 bits per heavy atom. The van der Waals surface area contributed by atoms with E-state index >= 15 is 0 Å². The Bertz CT molecular complexity index is 308. The number of hydrogen-bond donors (Lipinski definition) is 2. The van der Waals surface area contributed by atoms with E-state index in [-0.39, 0.29) is 12.2 Å². The van der Waals surface area contributed by atoms with Crippen molar-refractivity contribution in [2.24, 2.45) is 0 Å². The first kappa shape index (κ1) is 13.0.